The highest BCUT2D eigenvalue weighted by Gasteiger charge is 2.19. The summed E-state index contributed by atoms with van der Waals surface area (Å²) in [6.07, 6.45) is 4.91. The summed E-state index contributed by atoms with van der Waals surface area (Å²) in [5, 5.41) is 4.21. The summed E-state index contributed by atoms with van der Waals surface area (Å²) < 4.78 is 27.9. The lowest BCUT2D eigenvalue weighted by Gasteiger charge is -2.22. The molecule has 5 nitrogen and oxygen atoms in total. The smallest absolute Gasteiger partial charge is 0.242 e. The summed E-state index contributed by atoms with van der Waals surface area (Å²) in [4.78, 5) is 4.58. The van der Waals surface area contributed by atoms with Gasteiger partial charge in [-0.1, -0.05) is 12.1 Å². The minimum absolute atomic E-state index is 0.261. The Hall–Kier alpha value is -1.50. The van der Waals surface area contributed by atoms with Crippen LogP contribution in [-0.2, 0) is 10.0 Å². The predicted molar refractivity (Wildman–Crippen MR) is 91.9 cm³/mol. The van der Waals surface area contributed by atoms with Gasteiger partial charge in [0, 0.05) is 18.1 Å². The quantitative estimate of drug-likeness (QED) is 0.880. The molecule has 2 N–H and O–H groups in total. The van der Waals surface area contributed by atoms with Gasteiger partial charge >= 0.3 is 0 Å². The van der Waals surface area contributed by atoms with E-state index in [1.807, 2.05) is 19.1 Å². The van der Waals surface area contributed by atoms with Crippen molar-refractivity contribution in [3.63, 3.8) is 0 Å². The first-order chi connectivity index (χ1) is 11.1. The van der Waals surface area contributed by atoms with Crippen LogP contribution in [0.2, 0.25) is 0 Å². The number of nitrogens with one attached hydrogen (secondary N) is 2. The van der Waals surface area contributed by atoms with Gasteiger partial charge in [-0.15, -0.1) is 0 Å². The molecular weight excluding hydrogens is 310 g/mol. The van der Waals surface area contributed by atoms with Crippen LogP contribution in [0.25, 0.3) is 10.9 Å². The zero-order valence-corrected chi connectivity index (χ0v) is 14.2. The molecule has 23 heavy (non-hydrogen) atoms. The second-order valence-electron chi connectivity index (χ2n) is 6.24. The summed E-state index contributed by atoms with van der Waals surface area (Å²) in [7, 11) is -3.53. The van der Waals surface area contributed by atoms with Crippen LogP contribution in [0.4, 0.5) is 0 Å². The van der Waals surface area contributed by atoms with Gasteiger partial charge in [0.15, 0.2) is 0 Å². The highest BCUT2D eigenvalue weighted by atomic mass is 32.2. The van der Waals surface area contributed by atoms with Gasteiger partial charge in [0.25, 0.3) is 0 Å². The summed E-state index contributed by atoms with van der Waals surface area (Å²) in [6, 6.07) is 7.23. The number of pyridine rings is 1. The van der Waals surface area contributed by atoms with Crippen LogP contribution in [0.15, 0.2) is 35.4 Å². The van der Waals surface area contributed by atoms with Crippen molar-refractivity contribution < 1.29 is 8.42 Å². The van der Waals surface area contributed by atoms with E-state index in [-0.39, 0.29) is 4.90 Å². The number of para-hydroxylation sites is 1. The molecule has 0 saturated carbocycles. The Morgan fingerprint density at radius 2 is 2.26 bits per heavy atom. The largest absolute Gasteiger partial charge is 0.316 e. The second-order valence-corrected chi connectivity index (χ2v) is 7.97. The van der Waals surface area contributed by atoms with Crippen LogP contribution in [-0.4, -0.2) is 33.0 Å². The highest BCUT2D eigenvalue weighted by Crippen LogP contribution is 2.22. The molecule has 0 bridgehead atoms. The molecule has 2 aromatic rings. The first kappa shape index (κ1) is 16.4. The first-order valence-electron chi connectivity index (χ1n) is 8.12. The molecular formula is C17H23N3O2S. The van der Waals surface area contributed by atoms with E-state index in [9.17, 15) is 8.42 Å². The molecule has 1 aromatic carbocycles. The standard InChI is InChI=1S/C17H23N3O2S/c1-13-10-15-5-2-6-16(17(15)19-11-13)23(21,22)20-9-7-14-4-3-8-18-12-14/h2,5-6,10-11,14,18,20H,3-4,7-9,12H2,1H3. The average molecular weight is 333 g/mol. The fraction of sp³-hybridized carbons (Fsp3) is 0.471. The van der Waals surface area contributed by atoms with Crippen molar-refractivity contribution in [2.75, 3.05) is 19.6 Å². The summed E-state index contributed by atoms with van der Waals surface area (Å²) in [5.74, 6) is 0.555. The topological polar surface area (TPSA) is 71.1 Å². The van der Waals surface area contributed by atoms with E-state index >= 15 is 0 Å². The average Bonchev–Trinajstić information content (AvgIpc) is 2.55. The van der Waals surface area contributed by atoms with Gasteiger partial charge in [0.2, 0.25) is 10.0 Å². The fourth-order valence-electron chi connectivity index (χ4n) is 3.11. The van der Waals surface area contributed by atoms with Crippen LogP contribution in [0.5, 0.6) is 0 Å². The van der Waals surface area contributed by atoms with Crippen molar-refractivity contribution in [3.8, 4) is 0 Å². The van der Waals surface area contributed by atoms with Gasteiger partial charge in [0.1, 0.15) is 4.90 Å². The molecule has 0 radical (unpaired) electrons. The summed E-state index contributed by atoms with van der Waals surface area (Å²) >= 11 is 0. The van der Waals surface area contributed by atoms with Gasteiger partial charge in [-0.25, -0.2) is 13.1 Å². The van der Waals surface area contributed by atoms with Gasteiger partial charge in [0.05, 0.1) is 5.52 Å². The molecule has 1 atom stereocenters. The highest BCUT2D eigenvalue weighted by molar-refractivity contribution is 7.89. The van der Waals surface area contributed by atoms with E-state index < -0.39 is 10.0 Å². The van der Waals surface area contributed by atoms with Gasteiger partial charge < -0.3 is 5.32 Å². The number of aromatic nitrogens is 1. The summed E-state index contributed by atoms with van der Waals surface area (Å²) in [5.41, 5.74) is 1.55. The molecule has 124 valence electrons. The van der Waals surface area contributed by atoms with Crippen LogP contribution in [0.1, 0.15) is 24.8 Å². The Labute approximate surface area is 137 Å². The minimum atomic E-state index is -3.53. The lowest BCUT2D eigenvalue weighted by atomic mass is 9.96. The lowest BCUT2D eigenvalue weighted by molar-refractivity contribution is 0.358. The molecule has 1 aliphatic heterocycles. The zero-order chi connectivity index (χ0) is 16.3. The Morgan fingerprint density at radius 3 is 3.04 bits per heavy atom. The third-order valence-corrected chi connectivity index (χ3v) is 5.84. The second kappa shape index (κ2) is 6.95. The van der Waals surface area contributed by atoms with Crippen molar-refractivity contribution >= 4 is 20.9 Å². The molecule has 1 aliphatic rings. The number of sulfonamides is 1. The number of aryl methyl sites for hydroxylation is 1. The van der Waals surface area contributed by atoms with Gasteiger partial charge in [-0.3, -0.25) is 4.98 Å². The summed E-state index contributed by atoms with van der Waals surface area (Å²) in [6.45, 7) is 4.47. The zero-order valence-electron chi connectivity index (χ0n) is 13.4. The van der Waals surface area contributed by atoms with Crippen molar-refractivity contribution in [2.24, 2.45) is 5.92 Å². The van der Waals surface area contributed by atoms with Gasteiger partial charge in [-0.05, 0) is 62.9 Å². The van der Waals surface area contributed by atoms with Crippen molar-refractivity contribution in [2.45, 2.75) is 31.1 Å². The minimum Gasteiger partial charge on any atom is -0.316 e. The number of hydrogen-bond acceptors (Lipinski definition) is 4. The molecule has 3 rings (SSSR count). The number of benzene rings is 1. The molecule has 2 heterocycles. The van der Waals surface area contributed by atoms with Crippen LogP contribution in [0.3, 0.4) is 0 Å². The normalized spacial score (nSPS) is 19.1. The Morgan fingerprint density at radius 1 is 1.39 bits per heavy atom. The third-order valence-electron chi connectivity index (χ3n) is 4.34. The van der Waals surface area contributed by atoms with Crippen molar-refractivity contribution in [1.82, 2.24) is 15.0 Å². The SMILES string of the molecule is Cc1cnc2c(S(=O)(=O)NCCC3CCCNC3)cccc2c1. The number of hydrogen-bond donors (Lipinski definition) is 2. The van der Waals surface area contributed by atoms with E-state index in [0.717, 1.165) is 30.5 Å². The maximum absolute atomic E-state index is 12.6. The van der Waals surface area contributed by atoms with Crippen molar-refractivity contribution in [1.29, 1.82) is 0 Å². The monoisotopic (exact) mass is 333 g/mol. The van der Waals surface area contributed by atoms with E-state index in [4.69, 9.17) is 0 Å². The molecule has 0 spiro atoms. The Kier molecular flexibility index (Phi) is 4.94. The molecule has 0 aliphatic carbocycles. The molecule has 1 saturated heterocycles. The molecule has 0 amide bonds. The number of rotatable bonds is 5. The molecule has 6 heteroatoms. The fourth-order valence-corrected chi connectivity index (χ4v) is 4.33. The first-order valence-corrected chi connectivity index (χ1v) is 9.60. The number of piperidine rings is 1. The maximum Gasteiger partial charge on any atom is 0.242 e. The Balaban J connectivity index is 1.74. The van der Waals surface area contributed by atoms with E-state index in [0.29, 0.717) is 18.0 Å². The maximum atomic E-state index is 12.6. The Bertz CT molecular complexity index is 784. The number of nitrogens with zero attached hydrogens (tertiary/aromatic N) is 1. The van der Waals surface area contributed by atoms with Crippen LogP contribution in [0, 0.1) is 12.8 Å². The van der Waals surface area contributed by atoms with Crippen LogP contribution < -0.4 is 10.0 Å². The molecule has 1 unspecified atom stereocenters. The van der Waals surface area contributed by atoms with E-state index in [2.05, 4.69) is 15.0 Å². The lowest BCUT2D eigenvalue weighted by Crippen LogP contribution is -2.33. The molecule has 1 aromatic heterocycles. The van der Waals surface area contributed by atoms with E-state index in [1.54, 1.807) is 18.3 Å². The molecule has 1 fully saturated rings. The predicted octanol–water partition coefficient (Wildman–Crippen LogP) is 2.21. The van der Waals surface area contributed by atoms with Crippen LogP contribution >= 0.6 is 0 Å². The van der Waals surface area contributed by atoms with Crippen molar-refractivity contribution in [3.05, 3.63) is 36.0 Å². The third kappa shape index (κ3) is 3.88. The van der Waals surface area contributed by atoms with E-state index in [1.165, 1.54) is 12.8 Å². The number of fused-ring (bicyclic) bond motifs is 1. The van der Waals surface area contributed by atoms with Gasteiger partial charge in [-0.2, -0.15) is 0 Å².